The number of benzene rings is 2. The molecular weight excluding hydrogens is 731 g/mol. The van der Waals surface area contributed by atoms with E-state index in [2.05, 4.69) is 10.3 Å². The van der Waals surface area contributed by atoms with Crippen LogP contribution in [0.3, 0.4) is 0 Å². The second kappa shape index (κ2) is 19.9. The van der Waals surface area contributed by atoms with Crippen LogP contribution in [0.2, 0.25) is 0 Å². The fourth-order valence-electron chi connectivity index (χ4n) is 6.65. The Morgan fingerprint density at radius 2 is 1.61 bits per heavy atom. The number of amides is 1. The minimum atomic E-state index is -3.37. The summed E-state index contributed by atoms with van der Waals surface area (Å²) in [6, 6.07) is 6.88. The quantitative estimate of drug-likeness (QED) is 0.139. The number of nitrogens with zero attached hydrogens (tertiary/aromatic N) is 3. The maximum Gasteiger partial charge on any atom is 0.326 e. The predicted octanol–water partition coefficient (Wildman–Crippen LogP) is 10.4. The molecule has 1 aliphatic carbocycles. The molecule has 1 aliphatic rings. The molecule has 2 N–H and O–H groups in total. The second-order valence-electron chi connectivity index (χ2n) is 13.2. The summed E-state index contributed by atoms with van der Waals surface area (Å²) in [4.78, 5) is 45.1. The van der Waals surface area contributed by atoms with Crippen molar-refractivity contribution in [3.8, 4) is 11.1 Å². The van der Waals surface area contributed by atoms with Crippen LogP contribution in [0.15, 0.2) is 53.5 Å². The Kier molecular flexibility index (Phi) is 16.8. The van der Waals surface area contributed by atoms with Gasteiger partial charge in [0.15, 0.2) is 0 Å². The Balaban J connectivity index is 0.00000172. The molecule has 1 fully saturated rings. The number of pyridine rings is 2. The van der Waals surface area contributed by atoms with Crippen molar-refractivity contribution in [2.75, 3.05) is 4.90 Å². The van der Waals surface area contributed by atoms with E-state index in [1.54, 1.807) is 26.0 Å². The van der Waals surface area contributed by atoms with Crippen molar-refractivity contribution in [1.82, 2.24) is 14.9 Å². The van der Waals surface area contributed by atoms with E-state index in [9.17, 15) is 37.1 Å². The largest absolute Gasteiger partial charge is 0.480 e. The molecule has 1 saturated carbocycles. The summed E-state index contributed by atoms with van der Waals surface area (Å²) in [5.41, 5.74) is -0.439. The van der Waals surface area contributed by atoms with Gasteiger partial charge in [-0.1, -0.05) is 66.7 Å². The zero-order chi connectivity index (χ0) is 42.9. The number of carbonyl (C=O) groups is 2. The van der Waals surface area contributed by atoms with Gasteiger partial charge >= 0.3 is 5.97 Å². The molecule has 8 nitrogen and oxygen atoms in total. The van der Waals surface area contributed by atoms with E-state index in [4.69, 9.17) is 0 Å². The zero-order valence-electron chi connectivity index (χ0n) is 34.6. The van der Waals surface area contributed by atoms with Crippen LogP contribution in [-0.2, 0) is 24.2 Å². The van der Waals surface area contributed by atoms with E-state index < -0.39 is 58.3 Å². The van der Waals surface area contributed by atoms with E-state index in [0.29, 0.717) is 36.4 Å². The number of halogens is 5. The summed E-state index contributed by atoms with van der Waals surface area (Å²) in [5, 5.41) is 12.9. The Morgan fingerprint density at radius 3 is 2.11 bits per heavy atom. The molecule has 0 aliphatic heterocycles. The maximum atomic E-state index is 15.7. The minimum absolute atomic E-state index is 0.113. The van der Waals surface area contributed by atoms with Gasteiger partial charge in [0.25, 0.3) is 23.3 Å². The number of hydrogen-bond acceptors (Lipinski definition) is 5. The Hall–Kier alpha value is -4.81. The fourth-order valence-corrected chi connectivity index (χ4v) is 6.65. The molecule has 2 aromatic carbocycles. The molecule has 5 rings (SSSR count). The second-order valence-corrected chi connectivity index (χ2v) is 13.2. The molecule has 0 saturated heterocycles. The van der Waals surface area contributed by atoms with Crippen LogP contribution < -0.4 is 15.8 Å². The first kappa shape index (κ1) is 47.3. The van der Waals surface area contributed by atoms with E-state index in [1.807, 2.05) is 41.5 Å². The van der Waals surface area contributed by atoms with E-state index in [0.717, 1.165) is 13.0 Å². The molecule has 2 aromatic heterocycles. The summed E-state index contributed by atoms with van der Waals surface area (Å²) in [5.74, 6) is -9.86. The van der Waals surface area contributed by atoms with Gasteiger partial charge in [-0.05, 0) is 68.5 Å². The topological polar surface area (TPSA) is 105 Å². The molecule has 0 unspecified atom stereocenters. The van der Waals surface area contributed by atoms with Crippen molar-refractivity contribution >= 4 is 28.5 Å². The van der Waals surface area contributed by atoms with Crippen molar-refractivity contribution in [1.29, 1.82) is 0 Å². The first-order chi connectivity index (χ1) is 26.3. The third kappa shape index (κ3) is 10.5. The van der Waals surface area contributed by atoms with E-state index >= 15 is 4.39 Å². The van der Waals surface area contributed by atoms with Gasteiger partial charge in [0, 0.05) is 67.4 Å². The molecule has 13 heteroatoms. The SMILES string of the molecule is CC.CC.CC.CC[C@@H](N(c1cc(C)c(C(=O)N[C@@H](Cc2ccc(-c3c(C(C)(F)F)cc(C)n(C)c3=O)c3ncccc23)C(=O)O)c(F)c1)C1CC1)C(C)(F)F. The number of anilines is 1. The van der Waals surface area contributed by atoms with Gasteiger partial charge in [-0.2, -0.15) is 0 Å². The van der Waals surface area contributed by atoms with Crippen LogP contribution in [-0.4, -0.2) is 50.6 Å². The lowest BCUT2D eigenvalue weighted by Crippen LogP contribution is -2.47. The number of nitrogens with one attached hydrogen (secondary N) is 1. The third-order valence-corrected chi connectivity index (χ3v) is 9.35. The van der Waals surface area contributed by atoms with Crippen LogP contribution in [0.25, 0.3) is 22.0 Å². The van der Waals surface area contributed by atoms with Gasteiger partial charge in [-0.25, -0.2) is 26.7 Å². The monoisotopic (exact) mass is 788 g/mol. The van der Waals surface area contributed by atoms with Crippen LogP contribution in [0.1, 0.15) is 114 Å². The van der Waals surface area contributed by atoms with Gasteiger partial charge in [0.05, 0.1) is 22.7 Å². The highest BCUT2D eigenvalue weighted by atomic mass is 19.3. The highest BCUT2D eigenvalue weighted by molar-refractivity contribution is 5.99. The lowest BCUT2D eigenvalue weighted by Gasteiger charge is -2.37. The molecule has 0 radical (unpaired) electrons. The lowest BCUT2D eigenvalue weighted by atomic mass is 9.91. The number of alkyl halides is 4. The summed E-state index contributed by atoms with van der Waals surface area (Å²) < 4.78 is 75.6. The lowest BCUT2D eigenvalue weighted by molar-refractivity contribution is -0.139. The van der Waals surface area contributed by atoms with Crippen molar-refractivity contribution < 1.29 is 36.6 Å². The normalized spacial score (nSPS) is 13.5. The zero-order valence-corrected chi connectivity index (χ0v) is 34.6. The van der Waals surface area contributed by atoms with Gasteiger partial charge < -0.3 is 19.9 Å². The number of rotatable bonds is 12. The molecular formula is C43H57F5N4O4. The standard InChI is InChI=1S/C37H39F5N4O4.3C2H6/c1-7-29(37(5,41)42)46(22-11-12-22)23-15-19(2)30(27(38)18-23)33(47)44-28(35(49)50)17-21-10-13-25(32-24(21)9-8-14-43-32)31-26(36(4,39)40)16-20(3)45(6)34(31)48;3*1-2/h8-10,13-16,18,22,28-29H,7,11-12,17H2,1-6H3,(H,44,47)(H,49,50);3*1-2H3/t28-,29+;;;/m0.../s1. The number of carboxylic acid groups (broad SMARTS) is 1. The van der Waals surface area contributed by atoms with Crippen molar-refractivity contribution in [2.24, 2.45) is 7.05 Å². The molecule has 4 aromatic rings. The minimum Gasteiger partial charge on any atom is -0.480 e. The molecule has 2 heterocycles. The summed E-state index contributed by atoms with van der Waals surface area (Å²) in [6.45, 7) is 18.1. The van der Waals surface area contributed by atoms with E-state index in [1.165, 1.54) is 53.9 Å². The Morgan fingerprint density at radius 1 is 1.00 bits per heavy atom. The van der Waals surface area contributed by atoms with Crippen LogP contribution in [0, 0.1) is 19.7 Å². The van der Waals surface area contributed by atoms with Crippen LogP contribution in [0.5, 0.6) is 0 Å². The van der Waals surface area contributed by atoms with Gasteiger partial charge in [0.2, 0.25) is 0 Å². The third-order valence-electron chi connectivity index (χ3n) is 9.35. The number of carbonyl (C=O) groups excluding carboxylic acids is 1. The first-order valence-corrected chi connectivity index (χ1v) is 19.3. The summed E-state index contributed by atoms with van der Waals surface area (Å²) in [6.07, 6.45) is 2.58. The van der Waals surface area contributed by atoms with Crippen LogP contribution >= 0.6 is 0 Å². The molecule has 2 atom stereocenters. The highest BCUT2D eigenvalue weighted by Crippen LogP contribution is 2.40. The average molecular weight is 789 g/mol. The molecule has 1 amide bonds. The molecule has 0 spiro atoms. The van der Waals surface area contributed by atoms with Crippen molar-refractivity contribution in [3.05, 3.63) is 92.8 Å². The number of fused-ring (bicyclic) bond motifs is 1. The highest BCUT2D eigenvalue weighted by Gasteiger charge is 2.44. The molecule has 56 heavy (non-hydrogen) atoms. The Labute approximate surface area is 327 Å². The van der Waals surface area contributed by atoms with Gasteiger partial charge in [0.1, 0.15) is 11.9 Å². The van der Waals surface area contributed by atoms with Gasteiger partial charge in [-0.15, -0.1) is 0 Å². The number of hydrogen-bond donors (Lipinski definition) is 2. The van der Waals surface area contributed by atoms with Crippen LogP contribution in [0.4, 0.5) is 27.6 Å². The number of carboxylic acids is 1. The molecule has 308 valence electrons. The van der Waals surface area contributed by atoms with E-state index in [-0.39, 0.29) is 46.8 Å². The van der Waals surface area contributed by atoms with Crippen molar-refractivity contribution in [2.45, 2.75) is 132 Å². The summed E-state index contributed by atoms with van der Waals surface area (Å²) >= 11 is 0. The number of aliphatic carboxylic acids is 1. The molecule has 0 bridgehead atoms. The van der Waals surface area contributed by atoms with Gasteiger partial charge in [-0.3, -0.25) is 14.6 Å². The first-order valence-electron chi connectivity index (χ1n) is 19.3. The summed E-state index contributed by atoms with van der Waals surface area (Å²) in [7, 11) is 1.47. The number of aryl methyl sites for hydroxylation is 2. The Bertz CT molecular complexity index is 2010. The number of aromatic nitrogens is 2. The maximum absolute atomic E-state index is 15.7. The van der Waals surface area contributed by atoms with Crippen molar-refractivity contribution in [3.63, 3.8) is 0 Å². The smallest absolute Gasteiger partial charge is 0.326 e. The average Bonchev–Trinajstić information content (AvgIpc) is 3.99. The predicted molar refractivity (Wildman–Crippen MR) is 215 cm³/mol. The fraction of sp³-hybridized carbons (Fsp3) is 0.488.